The average molecular weight is 500 g/mol. The van der Waals surface area contributed by atoms with Crippen LogP contribution in [0.2, 0.25) is 5.02 Å². The molecule has 3 aromatic carbocycles. The third-order valence-electron chi connectivity index (χ3n) is 6.14. The van der Waals surface area contributed by atoms with Gasteiger partial charge >= 0.3 is 6.18 Å². The van der Waals surface area contributed by atoms with E-state index in [1.54, 1.807) is 41.3 Å². The van der Waals surface area contributed by atoms with E-state index in [0.29, 0.717) is 47.4 Å². The number of carbonyl (C=O) groups is 1. The molecular weight excluding hydrogens is 479 g/mol. The summed E-state index contributed by atoms with van der Waals surface area (Å²) in [5, 5.41) is 0.556. The Morgan fingerprint density at radius 3 is 2.49 bits per heavy atom. The van der Waals surface area contributed by atoms with Gasteiger partial charge in [-0.25, -0.2) is 4.99 Å². The number of nitrogens with zero attached hydrogens (tertiary/aromatic N) is 3. The zero-order chi connectivity index (χ0) is 24.7. The maximum Gasteiger partial charge on any atom is 0.416 e. The Kier molecular flexibility index (Phi) is 5.92. The normalized spacial score (nSPS) is 17.6. The minimum absolute atomic E-state index is 0.0967. The van der Waals surface area contributed by atoms with Crippen LogP contribution >= 0.6 is 11.6 Å². The summed E-state index contributed by atoms with van der Waals surface area (Å²) >= 11 is 5.94. The summed E-state index contributed by atoms with van der Waals surface area (Å²) in [4.78, 5) is 21.5. The summed E-state index contributed by atoms with van der Waals surface area (Å²) in [5.41, 5.74) is 0.551. The number of rotatable bonds is 1. The van der Waals surface area contributed by atoms with Crippen molar-refractivity contribution in [1.82, 2.24) is 9.80 Å². The van der Waals surface area contributed by atoms with Crippen molar-refractivity contribution in [3.8, 4) is 11.5 Å². The van der Waals surface area contributed by atoms with Crippen molar-refractivity contribution < 1.29 is 22.7 Å². The van der Waals surface area contributed by atoms with Crippen molar-refractivity contribution in [3.05, 3.63) is 88.4 Å². The molecule has 1 atom stereocenters. The molecule has 1 unspecified atom stereocenters. The number of aliphatic imine (C=N–C) groups is 1. The summed E-state index contributed by atoms with van der Waals surface area (Å²) < 4.78 is 46.0. The van der Waals surface area contributed by atoms with Crippen LogP contribution in [0.25, 0.3) is 0 Å². The molecule has 35 heavy (non-hydrogen) atoms. The Hall–Kier alpha value is -3.52. The largest absolute Gasteiger partial charge is 0.454 e. The van der Waals surface area contributed by atoms with Gasteiger partial charge in [-0.2, -0.15) is 13.2 Å². The minimum atomic E-state index is -4.49. The molecule has 0 aliphatic carbocycles. The van der Waals surface area contributed by atoms with Crippen LogP contribution in [0, 0.1) is 0 Å². The Bertz CT molecular complexity index is 1310. The molecule has 0 spiro atoms. The summed E-state index contributed by atoms with van der Waals surface area (Å²) in [6, 6.07) is 17.1. The molecule has 2 aliphatic rings. The average Bonchev–Trinajstić information content (AvgIpc) is 3.00. The van der Waals surface area contributed by atoms with E-state index in [1.807, 2.05) is 24.0 Å². The SMILES string of the molecule is CC1CN(C2=Nc3cc(C(F)(F)F)ccc3Oc3ccccc32)CCN1C(=O)c1ccc(Cl)cc1. The first kappa shape index (κ1) is 23.2. The maximum absolute atomic E-state index is 13.4. The molecule has 1 saturated heterocycles. The lowest BCUT2D eigenvalue weighted by atomic mass is 10.1. The van der Waals surface area contributed by atoms with E-state index >= 15 is 0 Å². The highest BCUT2D eigenvalue weighted by molar-refractivity contribution is 6.30. The lowest BCUT2D eigenvalue weighted by molar-refractivity contribution is -0.137. The molecule has 0 N–H and O–H groups in total. The van der Waals surface area contributed by atoms with E-state index < -0.39 is 11.7 Å². The number of ether oxygens (including phenoxy) is 1. The van der Waals surface area contributed by atoms with Gasteiger partial charge in [0.15, 0.2) is 5.75 Å². The fraction of sp³-hybridized carbons (Fsp3) is 0.231. The van der Waals surface area contributed by atoms with Crippen molar-refractivity contribution in [3.63, 3.8) is 0 Å². The molecule has 2 aliphatic heterocycles. The van der Waals surface area contributed by atoms with Crippen LogP contribution in [-0.2, 0) is 6.18 Å². The molecular formula is C26H21ClF3N3O2. The lowest BCUT2D eigenvalue weighted by Crippen LogP contribution is -2.55. The van der Waals surface area contributed by atoms with Gasteiger partial charge in [0.1, 0.15) is 17.3 Å². The van der Waals surface area contributed by atoms with Crippen LogP contribution in [0.15, 0.2) is 71.7 Å². The first-order chi connectivity index (χ1) is 16.7. The lowest BCUT2D eigenvalue weighted by Gasteiger charge is -2.41. The van der Waals surface area contributed by atoms with Crippen LogP contribution in [0.3, 0.4) is 0 Å². The zero-order valence-corrected chi connectivity index (χ0v) is 19.5. The van der Waals surface area contributed by atoms with E-state index in [4.69, 9.17) is 16.3 Å². The highest BCUT2D eigenvalue weighted by atomic mass is 35.5. The van der Waals surface area contributed by atoms with Gasteiger partial charge in [0.05, 0.1) is 11.1 Å². The van der Waals surface area contributed by atoms with Crippen LogP contribution in [-0.4, -0.2) is 47.2 Å². The third-order valence-corrected chi connectivity index (χ3v) is 6.39. The monoisotopic (exact) mass is 499 g/mol. The second kappa shape index (κ2) is 8.92. The number of hydrogen-bond donors (Lipinski definition) is 0. The van der Waals surface area contributed by atoms with Crippen molar-refractivity contribution in [2.75, 3.05) is 19.6 Å². The number of amides is 1. The van der Waals surface area contributed by atoms with Gasteiger partial charge in [0.25, 0.3) is 5.91 Å². The van der Waals surface area contributed by atoms with Gasteiger partial charge in [-0.15, -0.1) is 0 Å². The van der Waals surface area contributed by atoms with Gasteiger partial charge in [0.2, 0.25) is 0 Å². The molecule has 0 radical (unpaired) electrons. The molecule has 0 saturated carbocycles. The Morgan fingerprint density at radius 2 is 1.77 bits per heavy atom. The van der Waals surface area contributed by atoms with Crippen molar-refractivity contribution in [1.29, 1.82) is 0 Å². The Labute approximate surface area is 205 Å². The molecule has 5 rings (SSSR count). The van der Waals surface area contributed by atoms with Crippen LogP contribution in [0.1, 0.15) is 28.4 Å². The predicted octanol–water partition coefficient (Wildman–Crippen LogP) is 6.39. The Balaban J connectivity index is 1.47. The smallest absolute Gasteiger partial charge is 0.416 e. The highest BCUT2D eigenvalue weighted by Crippen LogP contribution is 2.42. The fourth-order valence-corrected chi connectivity index (χ4v) is 4.48. The molecule has 9 heteroatoms. The number of carbonyl (C=O) groups excluding carboxylic acids is 1. The number of alkyl halides is 3. The third kappa shape index (κ3) is 4.58. The van der Waals surface area contributed by atoms with E-state index in [2.05, 4.69) is 4.99 Å². The summed E-state index contributed by atoms with van der Waals surface area (Å²) in [5.74, 6) is 1.19. The maximum atomic E-state index is 13.4. The number of hydrogen-bond acceptors (Lipinski definition) is 4. The van der Waals surface area contributed by atoms with Gasteiger partial charge in [-0.3, -0.25) is 4.79 Å². The first-order valence-electron chi connectivity index (χ1n) is 11.1. The molecule has 3 aromatic rings. The van der Waals surface area contributed by atoms with E-state index in [9.17, 15) is 18.0 Å². The molecule has 2 heterocycles. The summed E-state index contributed by atoms with van der Waals surface area (Å²) in [6.45, 7) is 3.29. The molecule has 1 amide bonds. The second-order valence-corrected chi connectivity index (χ2v) is 8.95. The number of fused-ring (bicyclic) bond motifs is 2. The summed E-state index contributed by atoms with van der Waals surface area (Å²) in [7, 11) is 0. The molecule has 5 nitrogen and oxygen atoms in total. The number of amidine groups is 1. The molecule has 0 aromatic heterocycles. The minimum Gasteiger partial charge on any atom is -0.454 e. The summed E-state index contributed by atoms with van der Waals surface area (Å²) in [6.07, 6.45) is -4.49. The van der Waals surface area contributed by atoms with Crippen LogP contribution in [0.5, 0.6) is 11.5 Å². The standard InChI is InChI=1S/C26H21ClF3N3O2/c1-16-15-32(12-13-33(16)25(34)17-6-9-19(27)10-7-17)24-20-4-2-3-5-22(20)35-23-11-8-18(26(28,29)30)14-21(23)31-24/h2-11,14,16H,12-13,15H2,1H3. The molecule has 0 bridgehead atoms. The quantitative estimate of drug-likeness (QED) is 0.390. The Morgan fingerprint density at radius 1 is 1.03 bits per heavy atom. The number of halogens is 4. The number of para-hydroxylation sites is 1. The van der Waals surface area contributed by atoms with Gasteiger partial charge in [0, 0.05) is 36.3 Å². The van der Waals surface area contributed by atoms with E-state index in [0.717, 1.165) is 12.1 Å². The van der Waals surface area contributed by atoms with E-state index in [1.165, 1.54) is 6.07 Å². The van der Waals surface area contributed by atoms with Gasteiger partial charge < -0.3 is 14.5 Å². The van der Waals surface area contributed by atoms with Crippen LogP contribution < -0.4 is 4.74 Å². The van der Waals surface area contributed by atoms with Crippen molar-refractivity contribution >= 4 is 29.0 Å². The topological polar surface area (TPSA) is 45.1 Å². The molecule has 180 valence electrons. The zero-order valence-electron chi connectivity index (χ0n) is 18.7. The van der Waals surface area contributed by atoms with Gasteiger partial charge in [-0.1, -0.05) is 23.7 Å². The number of benzene rings is 3. The molecule has 1 fully saturated rings. The van der Waals surface area contributed by atoms with Gasteiger partial charge in [-0.05, 0) is 61.5 Å². The predicted molar refractivity (Wildman–Crippen MR) is 128 cm³/mol. The van der Waals surface area contributed by atoms with E-state index in [-0.39, 0.29) is 23.4 Å². The first-order valence-corrected chi connectivity index (χ1v) is 11.5. The second-order valence-electron chi connectivity index (χ2n) is 8.51. The van der Waals surface area contributed by atoms with Crippen LogP contribution in [0.4, 0.5) is 18.9 Å². The highest BCUT2D eigenvalue weighted by Gasteiger charge is 2.34. The number of piperazine rings is 1. The fourth-order valence-electron chi connectivity index (χ4n) is 4.35. The van der Waals surface area contributed by atoms with Crippen molar-refractivity contribution in [2.24, 2.45) is 4.99 Å². The van der Waals surface area contributed by atoms with Crippen molar-refractivity contribution in [2.45, 2.75) is 19.1 Å².